The molecule has 21 heavy (non-hydrogen) atoms. The van der Waals surface area contributed by atoms with Gasteiger partial charge in [0, 0.05) is 11.3 Å². The van der Waals surface area contributed by atoms with Gasteiger partial charge in [-0.2, -0.15) is 0 Å². The van der Waals surface area contributed by atoms with Gasteiger partial charge in [-0.1, -0.05) is 12.6 Å². The number of hydrogen-bond acceptors (Lipinski definition) is 3. The van der Waals surface area contributed by atoms with Crippen LogP contribution in [0.3, 0.4) is 0 Å². The number of esters is 1. The maximum Gasteiger partial charge on any atom is 0.319 e. The lowest BCUT2D eigenvalue weighted by molar-refractivity contribution is -0.147. The molecular weight excluding hydrogens is 282 g/mol. The summed E-state index contributed by atoms with van der Waals surface area (Å²) in [5.41, 5.74) is -0.364. The van der Waals surface area contributed by atoms with Crippen molar-refractivity contribution in [2.75, 3.05) is 6.61 Å². The Morgan fingerprint density at radius 3 is 2.57 bits per heavy atom. The van der Waals surface area contributed by atoms with E-state index < -0.39 is 41.2 Å². The molecule has 1 heterocycles. The highest BCUT2D eigenvalue weighted by Crippen LogP contribution is 2.33. The van der Waals surface area contributed by atoms with Crippen molar-refractivity contribution < 1.29 is 23.1 Å². The number of carbonyl (C=O) groups excluding carboxylic acids is 2. The van der Waals surface area contributed by atoms with Gasteiger partial charge in [0.2, 0.25) is 0 Å². The molecule has 0 aliphatic carbocycles. The van der Waals surface area contributed by atoms with E-state index in [1.165, 1.54) is 6.07 Å². The maximum absolute atomic E-state index is 13.9. The highest BCUT2D eigenvalue weighted by atomic mass is 19.1. The van der Waals surface area contributed by atoms with Crippen molar-refractivity contribution in [3.8, 4) is 0 Å². The molecule has 1 aromatic carbocycles. The highest BCUT2D eigenvalue weighted by molar-refractivity contribution is 5.85. The Hall–Kier alpha value is -2.44. The van der Waals surface area contributed by atoms with Crippen molar-refractivity contribution in [3.63, 3.8) is 0 Å². The second-order valence-corrected chi connectivity index (χ2v) is 4.47. The number of rotatable bonds is 3. The molecule has 0 spiro atoms. The molecule has 5 nitrogen and oxygen atoms in total. The molecule has 0 radical (unpaired) electrons. The zero-order valence-electron chi connectivity index (χ0n) is 11.3. The summed E-state index contributed by atoms with van der Waals surface area (Å²) in [4.78, 5) is 23.5. The number of amides is 2. The van der Waals surface area contributed by atoms with E-state index in [1.54, 1.807) is 6.92 Å². The van der Waals surface area contributed by atoms with Gasteiger partial charge in [-0.3, -0.25) is 4.79 Å². The first kappa shape index (κ1) is 15.0. The molecule has 112 valence electrons. The number of ether oxygens (including phenoxy) is 1. The summed E-state index contributed by atoms with van der Waals surface area (Å²) < 4.78 is 32.7. The van der Waals surface area contributed by atoms with Crippen LogP contribution in [0.4, 0.5) is 13.6 Å². The molecule has 0 saturated carbocycles. The van der Waals surface area contributed by atoms with Crippen LogP contribution in [0.5, 0.6) is 0 Å². The summed E-state index contributed by atoms with van der Waals surface area (Å²) >= 11 is 0. The summed E-state index contributed by atoms with van der Waals surface area (Å²) in [7, 11) is 0. The van der Waals surface area contributed by atoms with Gasteiger partial charge in [0.1, 0.15) is 17.6 Å². The van der Waals surface area contributed by atoms with Crippen LogP contribution in [-0.4, -0.2) is 18.6 Å². The summed E-state index contributed by atoms with van der Waals surface area (Å²) in [6.07, 6.45) is 0. The van der Waals surface area contributed by atoms with Gasteiger partial charge in [0.05, 0.1) is 12.6 Å². The number of benzene rings is 1. The van der Waals surface area contributed by atoms with Crippen molar-refractivity contribution >= 4 is 12.0 Å². The molecule has 2 rings (SSSR count). The van der Waals surface area contributed by atoms with Crippen molar-refractivity contribution in [2.45, 2.75) is 13.0 Å². The van der Waals surface area contributed by atoms with E-state index in [4.69, 9.17) is 4.74 Å². The smallest absolute Gasteiger partial charge is 0.319 e. The molecule has 1 aliphatic rings. The Labute approximate surface area is 120 Å². The molecule has 1 fully saturated rings. The number of carbonyl (C=O) groups is 2. The third-order valence-electron chi connectivity index (χ3n) is 3.12. The molecule has 1 saturated heterocycles. The zero-order chi connectivity index (χ0) is 15.6. The molecule has 2 N–H and O–H groups in total. The number of urea groups is 1. The van der Waals surface area contributed by atoms with Gasteiger partial charge in [-0.25, -0.2) is 13.6 Å². The third kappa shape index (κ3) is 2.86. The lowest BCUT2D eigenvalue weighted by Crippen LogP contribution is -2.51. The first-order valence-corrected chi connectivity index (χ1v) is 6.32. The standard InChI is InChI=1S/C14H14F2N2O3/c1-3-21-13(19)10-7(2)17-14(20)18-12(10)11-8(15)5-4-6-9(11)16/h4-6,10,12H,2-3H2,1H3,(H2,17,18,20)/t10-,12+/m1/s1. The summed E-state index contributed by atoms with van der Waals surface area (Å²) in [6.45, 7) is 5.27. The minimum atomic E-state index is -1.22. The third-order valence-corrected chi connectivity index (χ3v) is 3.12. The molecule has 1 aliphatic heterocycles. The maximum atomic E-state index is 13.9. The van der Waals surface area contributed by atoms with Gasteiger partial charge in [0.15, 0.2) is 0 Å². The predicted molar refractivity (Wildman–Crippen MR) is 70.0 cm³/mol. The fourth-order valence-corrected chi connectivity index (χ4v) is 2.24. The SMILES string of the molecule is C=C1NC(=O)N[C@H](c2c(F)cccc2F)[C@@H]1C(=O)OCC. The Morgan fingerprint density at radius 1 is 1.38 bits per heavy atom. The normalized spacial score (nSPS) is 21.5. The van der Waals surface area contributed by atoms with E-state index in [-0.39, 0.29) is 12.3 Å². The van der Waals surface area contributed by atoms with Crippen LogP contribution in [0.25, 0.3) is 0 Å². The Morgan fingerprint density at radius 2 is 2.00 bits per heavy atom. The molecule has 1 aromatic rings. The summed E-state index contributed by atoms with van der Waals surface area (Å²) in [5, 5.41) is 4.66. The fourth-order valence-electron chi connectivity index (χ4n) is 2.24. The fraction of sp³-hybridized carbons (Fsp3) is 0.286. The topological polar surface area (TPSA) is 67.4 Å². The Bertz CT molecular complexity index is 584. The van der Waals surface area contributed by atoms with Crippen molar-refractivity contribution in [1.29, 1.82) is 0 Å². The van der Waals surface area contributed by atoms with E-state index in [2.05, 4.69) is 17.2 Å². The molecule has 0 aromatic heterocycles. The lowest BCUT2D eigenvalue weighted by atomic mass is 9.88. The van der Waals surface area contributed by atoms with E-state index in [1.807, 2.05) is 0 Å². The Balaban J connectivity index is 2.47. The quantitative estimate of drug-likeness (QED) is 0.838. The first-order valence-electron chi connectivity index (χ1n) is 6.32. The Kier molecular flexibility index (Phi) is 4.21. The van der Waals surface area contributed by atoms with E-state index in [9.17, 15) is 18.4 Å². The predicted octanol–water partition coefficient (Wildman–Crippen LogP) is 2.01. The first-order chi connectivity index (χ1) is 9.95. The number of nitrogens with one attached hydrogen (secondary N) is 2. The van der Waals surface area contributed by atoms with Crippen molar-refractivity contribution in [3.05, 3.63) is 47.7 Å². The van der Waals surface area contributed by atoms with Crippen molar-refractivity contribution in [2.24, 2.45) is 5.92 Å². The van der Waals surface area contributed by atoms with Crippen molar-refractivity contribution in [1.82, 2.24) is 10.6 Å². The van der Waals surface area contributed by atoms with Crippen LogP contribution in [0, 0.1) is 17.6 Å². The molecular formula is C14H14F2N2O3. The van der Waals surface area contributed by atoms with E-state index in [0.29, 0.717) is 0 Å². The molecule has 0 unspecified atom stereocenters. The van der Waals surface area contributed by atoms with Crippen LogP contribution in [0.15, 0.2) is 30.5 Å². The largest absolute Gasteiger partial charge is 0.465 e. The van der Waals surface area contributed by atoms with Crippen LogP contribution in [-0.2, 0) is 9.53 Å². The minimum absolute atomic E-state index is 0.0323. The second kappa shape index (κ2) is 5.90. The van der Waals surface area contributed by atoms with E-state index >= 15 is 0 Å². The average molecular weight is 296 g/mol. The van der Waals surface area contributed by atoms with Crippen LogP contribution in [0.1, 0.15) is 18.5 Å². The number of halogens is 2. The van der Waals surface area contributed by atoms with Crippen LogP contribution in [0.2, 0.25) is 0 Å². The molecule has 2 atom stereocenters. The van der Waals surface area contributed by atoms with Crippen LogP contribution < -0.4 is 10.6 Å². The van der Waals surface area contributed by atoms with Gasteiger partial charge in [-0.15, -0.1) is 0 Å². The monoisotopic (exact) mass is 296 g/mol. The number of hydrogen-bond donors (Lipinski definition) is 2. The average Bonchev–Trinajstić information content (AvgIpc) is 2.37. The second-order valence-electron chi connectivity index (χ2n) is 4.47. The van der Waals surface area contributed by atoms with Gasteiger partial charge in [-0.05, 0) is 19.1 Å². The summed E-state index contributed by atoms with van der Waals surface area (Å²) in [5.74, 6) is -3.55. The minimum Gasteiger partial charge on any atom is -0.465 e. The molecule has 2 amide bonds. The van der Waals surface area contributed by atoms with Gasteiger partial charge >= 0.3 is 12.0 Å². The molecule has 0 bridgehead atoms. The van der Waals surface area contributed by atoms with Gasteiger partial charge in [0.25, 0.3) is 0 Å². The van der Waals surface area contributed by atoms with Crippen LogP contribution >= 0.6 is 0 Å². The van der Waals surface area contributed by atoms with Gasteiger partial charge < -0.3 is 15.4 Å². The zero-order valence-corrected chi connectivity index (χ0v) is 11.3. The summed E-state index contributed by atoms with van der Waals surface area (Å²) in [6, 6.07) is 1.40. The van der Waals surface area contributed by atoms with E-state index in [0.717, 1.165) is 12.1 Å². The highest BCUT2D eigenvalue weighted by Gasteiger charge is 2.41. The molecule has 7 heteroatoms. The lowest BCUT2D eigenvalue weighted by Gasteiger charge is -2.33.